The summed E-state index contributed by atoms with van der Waals surface area (Å²) in [4.78, 5) is 40.9. The molecule has 1 aliphatic rings. The standard InChI is InChI=1S/C22H39N4O8P/c1-6-32-35(31,33-7-2)13-10-17-19(28)16(8-9-18(27)23-11-12-25(4)5)21(34-17)26-14-15(3)20(29)24-22(26)30/h14,16-17,19,21,28H,6-13H2,1-5H3,(H,23,27)(H,24,29,30)/t16-,17-,19+,21-/m1/s1. The first-order valence-electron chi connectivity index (χ1n) is 12.0. The zero-order chi connectivity index (χ0) is 26.2. The zero-order valence-electron chi connectivity index (χ0n) is 21.2. The number of H-pyrrole nitrogens is 1. The number of aromatic nitrogens is 2. The maximum atomic E-state index is 12.9. The second-order valence-electron chi connectivity index (χ2n) is 8.85. The molecule has 2 rings (SSSR count). The van der Waals surface area contributed by atoms with Gasteiger partial charge in [-0.2, -0.15) is 0 Å². The van der Waals surface area contributed by atoms with E-state index in [2.05, 4.69) is 10.3 Å². The minimum atomic E-state index is -3.36. The fourth-order valence-corrected chi connectivity index (χ4v) is 5.74. The number of carbonyl (C=O) groups is 1. The Morgan fingerprint density at radius 2 is 1.91 bits per heavy atom. The monoisotopic (exact) mass is 518 g/mol. The summed E-state index contributed by atoms with van der Waals surface area (Å²) in [5, 5.41) is 13.9. The van der Waals surface area contributed by atoms with Crippen LogP contribution < -0.4 is 16.6 Å². The lowest BCUT2D eigenvalue weighted by Gasteiger charge is -2.22. The minimum Gasteiger partial charge on any atom is -0.390 e. The molecule has 1 aromatic rings. The molecule has 200 valence electrons. The van der Waals surface area contributed by atoms with E-state index in [1.54, 1.807) is 20.8 Å². The first-order valence-corrected chi connectivity index (χ1v) is 13.7. The molecule has 3 N–H and O–H groups in total. The average Bonchev–Trinajstić information content (AvgIpc) is 3.08. The van der Waals surface area contributed by atoms with E-state index in [-0.39, 0.29) is 44.5 Å². The second kappa shape index (κ2) is 13.5. The average molecular weight is 519 g/mol. The number of likely N-dealkylation sites (N-methyl/N-ethyl adjacent to an activating group) is 1. The van der Waals surface area contributed by atoms with Gasteiger partial charge in [-0.25, -0.2) is 4.79 Å². The van der Waals surface area contributed by atoms with Gasteiger partial charge in [0, 0.05) is 37.2 Å². The van der Waals surface area contributed by atoms with E-state index in [0.29, 0.717) is 18.7 Å². The van der Waals surface area contributed by atoms with Gasteiger partial charge in [0.05, 0.1) is 31.6 Å². The Kier molecular flexibility index (Phi) is 11.3. The van der Waals surface area contributed by atoms with Crippen molar-refractivity contribution in [1.29, 1.82) is 0 Å². The Balaban J connectivity index is 2.20. The van der Waals surface area contributed by atoms with Crippen LogP contribution in [0.1, 0.15) is 44.9 Å². The Bertz CT molecular complexity index is 984. The third-order valence-electron chi connectivity index (χ3n) is 5.85. The molecule has 0 bridgehead atoms. The van der Waals surface area contributed by atoms with Crippen molar-refractivity contribution in [3.8, 4) is 0 Å². The van der Waals surface area contributed by atoms with E-state index < -0.39 is 43.2 Å². The van der Waals surface area contributed by atoms with Crippen LogP contribution >= 0.6 is 7.60 Å². The number of hydrogen-bond acceptors (Lipinski definition) is 9. The van der Waals surface area contributed by atoms with Gasteiger partial charge in [-0.05, 0) is 47.7 Å². The summed E-state index contributed by atoms with van der Waals surface area (Å²) in [6, 6.07) is 0. The number of nitrogens with one attached hydrogen (secondary N) is 2. The van der Waals surface area contributed by atoms with Crippen molar-refractivity contribution in [2.75, 3.05) is 46.6 Å². The zero-order valence-corrected chi connectivity index (χ0v) is 22.1. The number of aryl methyl sites for hydroxylation is 1. The van der Waals surface area contributed by atoms with Crippen LogP contribution in [0.25, 0.3) is 0 Å². The predicted octanol–water partition coefficient (Wildman–Crippen LogP) is 0.834. The smallest absolute Gasteiger partial charge is 0.330 e. The number of amides is 1. The fourth-order valence-electron chi connectivity index (χ4n) is 4.05. The molecular formula is C22H39N4O8P. The lowest BCUT2D eigenvalue weighted by atomic mass is 9.93. The SMILES string of the molecule is CCOP(=O)(CC[C@H]1O[C@@H](n2cc(C)c(=O)[nH]c2=O)[C@H](CCC(=O)NCCN(C)C)[C@@H]1O)OCC. The molecule has 0 aromatic carbocycles. The number of hydrogen-bond donors (Lipinski definition) is 3. The van der Waals surface area contributed by atoms with Crippen LogP contribution in [0.5, 0.6) is 0 Å². The molecular weight excluding hydrogens is 479 g/mol. The van der Waals surface area contributed by atoms with Crippen molar-refractivity contribution in [3.63, 3.8) is 0 Å². The number of carbonyl (C=O) groups excluding carboxylic acids is 1. The Morgan fingerprint density at radius 3 is 2.51 bits per heavy atom. The van der Waals surface area contributed by atoms with Crippen LogP contribution in [0.2, 0.25) is 0 Å². The molecule has 0 saturated carbocycles. The molecule has 1 aromatic heterocycles. The van der Waals surface area contributed by atoms with Gasteiger partial charge in [0.2, 0.25) is 5.91 Å². The molecule has 0 aliphatic carbocycles. The lowest BCUT2D eigenvalue weighted by Crippen LogP contribution is -2.37. The number of aromatic amines is 1. The molecule has 2 heterocycles. The molecule has 1 amide bonds. The van der Waals surface area contributed by atoms with Gasteiger partial charge >= 0.3 is 13.3 Å². The molecule has 0 spiro atoms. The van der Waals surface area contributed by atoms with E-state index in [0.717, 1.165) is 0 Å². The molecule has 13 heteroatoms. The van der Waals surface area contributed by atoms with Crippen molar-refractivity contribution in [2.45, 2.75) is 58.5 Å². The molecule has 35 heavy (non-hydrogen) atoms. The fraction of sp³-hybridized carbons (Fsp3) is 0.773. The molecule has 12 nitrogen and oxygen atoms in total. The van der Waals surface area contributed by atoms with Gasteiger partial charge in [-0.3, -0.25) is 23.7 Å². The predicted molar refractivity (Wildman–Crippen MR) is 131 cm³/mol. The molecule has 1 fully saturated rings. The highest BCUT2D eigenvalue weighted by Gasteiger charge is 2.45. The summed E-state index contributed by atoms with van der Waals surface area (Å²) in [5.41, 5.74) is -0.871. The number of aliphatic hydroxyl groups excluding tert-OH is 1. The van der Waals surface area contributed by atoms with E-state index in [1.807, 2.05) is 19.0 Å². The first-order chi connectivity index (χ1) is 16.5. The maximum Gasteiger partial charge on any atom is 0.330 e. The van der Waals surface area contributed by atoms with Crippen molar-refractivity contribution >= 4 is 13.5 Å². The highest BCUT2D eigenvalue weighted by molar-refractivity contribution is 7.53. The van der Waals surface area contributed by atoms with Gasteiger partial charge in [-0.1, -0.05) is 0 Å². The summed E-state index contributed by atoms with van der Waals surface area (Å²) in [7, 11) is 0.451. The highest BCUT2D eigenvalue weighted by atomic mass is 31.2. The minimum absolute atomic E-state index is 0.0282. The van der Waals surface area contributed by atoms with Crippen molar-refractivity contribution in [1.82, 2.24) is 19.8 Å². The number of ether oxygens (including phenoxy) is 1. The quantitative estimate of drug-likeness (QED) is 0.304. The molecule has 0 radical (unpaired) electrons. The molecule has 4 atom stereocenters. The third kappa shape index (κ3) is 8.37. The largest absolute Gasteiger partial charge is 0.390 e. The topological polar surface area (TPSA) is 152 Å². The van der Waals surface area contributed by atoms with E-state index in [1.165, 1.54) is 10.8 Å². The highest BCUT2D eigenvalue weighted by Crippen LogP contribution is 2.50. The van der Waals surface area contributed by atoms with Crippen molar-refractivity contribution in [3.05, 3.63) is 32.6 Å². The van der Waals surface area contributed by atoms with Crippen molar-refractivity contribution in [2.24, 2.45) is 5.92 Å². The Morgan fingerprint density at radius 1 is 1.26 bits per heavy atom. The summed E-state index contributed by atoms with van der Waals surface area (Å²) in [6.45, 7) is 6.60. The van der Waals surface area contributed by atoms with Crippen LogP contribution in [-0.2, 0) is 23.1 Å². The Hall–Kier alpha value is -1.82. The van der Waals surface area contributed by atoms with Crippen LogP contribution in [0, 0.1) is 12.8 Å². The van der Waals surface area contributed by atoms with Crippen molar-refractivity contribution < 1.29 is 28.3 Å². The van der Waals surface area contributed by atoms with Gasteiger partial charge < -0.3 is 29.1 Å². The van der Waals surface area contributed by atoms with E-state index in [9.17, 15) is 24.1 Å². The normalized spacial score (nSPS) is 22.6. The summed E-state index contributed by atoms with van der Waals surface area (Å²) >= 11 is 0. The lowest BCUT2D eigenvalue weighted by molar-refractivity contribution is -0.121. The molecule has 0 unspecified atom stereocenters. The van der Waals surface area contributed by atoms with E-state index >= 15 is 0 Å². The maximum absolute atomic E-state index is 12.9. The van der Waals surface area contributed by atoms with Crippen LogP contribution in [-0.4, -0.2) is 84.2 Å². The third-order valence-corrected chi connectivity index (χ3v) is 7.95. The Labute approximate surface area is 205 Å². The summed E-state index contributed by atoms with van der Waals surface area (Å²) in [5.74, 6) is -0.787. The van der Waals surface area contributed by atoms with Crippen LogP contribution in [0.4, 0.5) is 0 Å². The van der Waals surface area contributed by atoms with Gasteiger partial charge in [0.25, 0.3) is 5.56 Å². The number of aliphatic hydroxyl groups is 1. The molecule has 1 saturated heterocycles. The number of rotatable bonds is 14. The second-order valence-corrected chi connectivity index (χ2v) is 11.0. The van der Waals surface area contributed by atoms with Crippen LogP contribution in [0.3, 0.4) is 0 Å². The van der Waals surface area contributed by atoms with Gasteiger partial charge in [0.1, 0.15) is 6.23 Å². The number of nitrogens with zero attached hydrogens (tertiary/aromatic N) is 2. The molecule has 1 aliphatic heterocycles. The summed E-state index contributed by atoms with van der Waals surface area (Å²) < 4.78 is 30.8. The van der Waals surface area contributed by atoms with Crippen LogP contribution in [0.15, 0.2) is 15.8 Å². The van der Waals surface area contributed by atoms with Gasteiger partial charge in [0.15, 0.2) is 0 Å². The van der Waals surface area contributed by atoms with E-state index in [4.69, 9.17) is 13.8 Å². The first kappa shape index (κ1) is 29.4. The summed E-state index contributed by atoms with van der Waals surface area (Å²) in [6.07, 6.45) is -0.773. The van der Waals surface area contributed by atoms with Gasteiger partial charge in [-0.15, -0.1) is 0 Å².